The first-order valence-corrected chi connectivity index (χ1v) is 17.2. The molecule has 0 aliphatic carbocycles. The summed E-state index contributed by atoms with van der Waals surface area (Å²) in [4.78, 5) is 12.2. The Bertz CT molecular complexity index is 2050. The second kappa shape index (κ2) is 15.1. The summed E-state index contributed by atoms with van der Waals surface area (Å²) in [5.74, 6) is -0.155. The largest absolute Gasteiger partial charge is 0.494 e. The summed E-state index contributed by atoms with van der Waals surface area (Å²) < 4.78 is 10.0. The Morgan fingerprint density at radius 2 is 1.69 bits per heavy atom. The molecule has 5 rings (SSSR count). The molecule has 0 spiro atoms. The molecule has 49 heavy (non-hydrogen) atoms. The Balaban J connectivity index is 1.68. The summed E-state index contributed by atoms with van der Waals surface area (Å²) in [5, 5.41) is 23.8. The smallest absolute Gasteiger partial charge is 0.337 e. The van der Waals surface area contributed by atoms with Crippen LogP contribution < -0.4 is 15.4 Å². The number of carboxylic acid groups (broad SMARTS) is 1. The van der Waals surface area contributed by atoms with E-state index in [-0.39, 0.29) is 5.56 Å². The number of likely N-dealkylation sites (N-methyl/N-ethyl adjacent to an activating group) is 1. The number of rotatable bonds is 13. The number of nitrogens with zero attached hydrogens (tertiary/aromatic N) is 3. The van der Waals surface area contributed by atoms with Crippen molar-refractivity contribution in [3.05, 3.63) is 97.4 Å². The van der Waals surface area contributed by atoms with Gasteiger partial charge in [0.05, 0.1) is 34.1 Å². The lowest BCUT2D eigenvalue weighted by Crippen LogP contribution is -2.19. The van der Waals surface area contributed by atoms with E-state index in [4.69, 9.17) is 33.0 Å². The van der Waals surface area contributed by atoms with Crippen molar-refractivity contribution in [2.24, 2.45) is 14.1 Å². The van der Waals surface area contributed by atoms with Crippen molar-refractivity contribution in [1.82, 2.24) is 19.7 Å². The molecular weight excluding hydrogens is 657 g/mol. The van der Waals surface area contributed by atoms with Gasteiger partial charge in [0.25, 0.3) is 0 Å². The molecule has 5 aromatic rings. The first-order valence-electron chi connectivity index (χ1n) is 16.5. The van der Waals surface area contributed by atoms with Crippen LogP contribution in [0.5, 0.6) is 5.75 Å². The lowest BCUT2D eigenvalue weighted by molar-refractivity contribution is 0.0699. The zero-order valence-electron chi connectivity index (χ0n) is 29.5. The summed E-state index contributed by atoms with van der Waals surface area (Å²) in [6, 6.07) is 12.0. The maximum atomic E-state index is 12.2. The van der Waals surface area contributed by atoms with Crippen molar-refractivity contribution in [3.8, 4) is 16.9 Å². The number of aromatic nitrogens is 3. The average Bonchev–Trinajstić information content (AvgIpc) is 3.51. The first-order chi connectivity index (χ1) is 23.3. The van der Waals surface area contributed by atoms with Crippen molar-refractivity contribution >= 4 is 57.4 Å². The Morgan fingerprint density at radius 1 is 0.980 bits per heavy atom. The van der Waals surface area contributed by atoms with Crippen molar-refractivity contribution < 1.29 is 14.6 Å². The zero-order chi connectivity index (χ0) is 35.6. The van der Waals surface area contributed by atoms with E-state index < -0.39 is 5.97 Å². The fourth-order valence-electron chi connectivity index (χ4n) is 6.65. The van der Waals surface area contributed by atoms with E-state index in [1.807, 2.05) is 82.4 Å². The minimum absolute atomic E-state index is 0.282. The minimum Gasteiger partial charge on any atom is -0.494 e. The topological polar surface area (TPSA) is 93.3 Å². The maximum Gasteiger partial charge on any atom is 0.337 e. The highest BCUT2D eigenvalue weighted by atomic mass is 35.5. The molecule has 258 valence electrons. The highest BCUT2D eigenvalue weighted by molar-refractivity contribution is 6.34. The van der Waals surface area contributed by atoms with Gasteiger partial charge in [-0.15, -0.1) is 0 Å². The minimum atomic E-state index is -0.947. The van der Waals surface area contributed by atoms with E-state index in [0.29, 0.717) is 30.0 Å². The Labute approximate surface area is 298 Å². The number of anilines is 1. The normalized spacial score (nSPS) is 11.8. The van der Waals surface area contributed by atoms with Crippen LogP contribution in [0.1, 0.15) is 62.4 Å². The van der Waals surface area contributed by atoms with Crippen LogP contribution in [0.4, 0.5) is 5.69 Å². The molecule has 3 N–H and O–H groups in total. The molecule has 0 amide bonds. The van der Waals surface area contributed by atoms with Crippen LogP contribution in [0.25, 0.3) is 33.7 Å². The number of carboxylic acids is 1. The quantitative estimate of drug-likeness (QED) is 0.0838. The van der Waals surface area contributed by atoms with Crippen LogP contribution in [0.15, 0.2) is 42.6 Å². The van der Waals surface area contributed by atoms with Crippen molar-refractivity contribution in [2.45, 2.75) is 47.5 Å². The van der Waals surface area contributed by atoms with Crippen LogP contribution in [-0.4, -0.2) is 52.2 Å². The predicted molar refractivity (Wildman–Crippen MR) is 204 cm³/mol. The molecule has 0 radical (unpaired) electrons. The van der Waals surface area contributed by atoms with Gasteiger partial charge >= 0.3 is 5.97 Å². The van der Waals surface area contributed by atoms with Gasteiger partial charge in [-0.3, -0.25) is 4.68 Å². The third kappa shape index (κ3) is 7.52. The number of aryl methyl sites for hydroxylation is 6. The van der Waals surface area contributed by atoms with E-state index in [9.17, 15) is 9.90 Å². The molecular formula is C39H45Cl2N5O3. The Kier molecular flexibility index (Phi) is 11.1. The fourth-order valence-corrected chi connectivity index (χ4v) is 7.01. The number of ether oxygens (including phenoxy) is 1. The van der Waals surface area contributed by atoms with E-state index in [0.717, 1.165) is 90.8 Å². The molecule has 0 bridgehead atoms. The number of hydrogen-bond donors (Lipinski definition) is 3. The van der Waals surface area contributed by atoms with Gasteiger partial charge in [0.15, 0.2) is 0 Å². The summed E-state index contributed by atoms with van der Waals surface area (Å²) in [6.07, 6.45) is 5.29. The standard InChI is InChI=1S/C39H45Cl2N5O3/c1-22-16-28(38-31(17-22)32(39(47)48)21-45(38)7)20-27(10-9-15-49-29-18-23(2)36(41)24(3)19-29)30-11-12-33(40)35(37(30)43-14-13-42-6)34-25(4)44-46(8)26(34)5/h11-12,16-21,42-43H,9-10,13-15H2,1-8H3,(H,47,48)/b27-20+. The number of halogens is 2. The maximum absolute atomic E-state index is 12.2. The number of nitrogens with one attached hydrogen (secondary N) is 2. The second-order valence-corrected chi connectivity index (χ2v) is 13.5. The molecule has 0 fully saturated rings. The van der Waals surface area contributed by atoms with Gasteiger partial charge in [0.2, 0.25) is 0 Å². The van der Waals surface area contributed by atoms with Crippen molar-refractivity contribution in [1.29, 1.82) is 0 Å². The number of allylic oxidation sites excluding steroid dienone is 1. The molecule has 8 nitrogen and oxygen atoms in total. The summed E-state index contributed by atoms with van der Waals surface area (Å²) in [5.41, 5.74) is 11.9. The fraction of sp³-hybridized carbons (Fsp3) is 0.333. The van der Waals surface area contributed by atoms with Crippen LogP contribution in [-0.2, 0) is 14.1 Å². The van der Waals surface area contributed by atoms with E-state index >= 15 is 0 Å². The van der Waals surface area contributed by atoms with E-state index in [2.05, 4.69) is 35.8 Å². The zero-order valence-corrected chi connectivity index (χ0v) is 31.0. The summed E-state index contributed by atoms with van der Waals surface area (Å²) >= 11 is 13.5. The van der Waals surface area contributed by atoms with Crippen molar-refractivity contribution in [2.75, 3.05) is 32.1 Å². The molecule has 2 heterocycles. The highest BCUT2D eigenvalue weighted by Crippen LogP contribution is 2.44. The van der Waals surface area contributed by atoms with E-state index in [1.54, 1.807) is 6.20 Å². The van der Waals surface area contributed by atoms with Gasteiger partial charge in [-0.1, -0.05) is 29.3 Å². The molecule has 0 aliphatic rings. The van der Waals surface area contributed by atoms with Gasteiger partial charge in [-0.05, 0) is 119 Å². The third-order valence-corrected chi connectivity index (χ3v) is 9.93. The highest BCUT2D eigenvalue weighted by Gasteiger charge is 2.23. The lowest BCUT2D eigenvalue weighted by atomic mass is 9.91. The molecule has 0 atom stereocenters. The molecule has 10 heteroatoms. The van der Waals surface area contributed by atoms with Crippen LogP contribution in [0.2, 0.25) is 10.0 Å². The Morgan fingerprint density at radius 3 is 2.33 bits per heavy atom. The molecule has 0 unspecified atom stereocenters. The van der Waals surface area contributed by atoms with E-state index in [1.165, 1.54) is 0 Å². The number of hydrogen-bond acceptors (Lipinski definition) is 5. The van der Waals surface area contributed by atoms with Crippen LogP contribution in [0, 0.1) is 34.6 Å². The van der Waals surface area contributed by atoms with Gasteiger partial charge in [-0.25, -0.2) is 4.79 Å². The van der Waals surface area contributed by atoms with Crippen molar-refractivity contribution in [3.63, 3.8) is 0 Å². The number of aromatic carboxylic acids is 1. The molecule has 2 aromatic heterocycles. The molecule has 0 saturated carbocycles. The lowest BCUT2D eigenvalue weighted by Gasteiger charge is -2.21. The number of benzene rings is 3. The Hall–Kier alpha value is -4.24. The van der Waals surface area contributed by atoms with Gasteiger partial charge in [0.1, 0.15) is 5.75 Å². The van der Waals surface area contributed by atoms with Gasteiger partial charge < -0.3 is 25.0 Å². The summed E-state index contributed by atoms with van der Waals surface area (Å²) in [7, 11) is 5.77. The average molecular weight is 703 g/mol. The van der Waals surface area contributed by atoms with Crippen LogP contribution in [0.3, 0.4) is 0 Å². The molecule has 0 saturated heterocycles. The number of fused-ring (bicyclic) bond motifs is 1. The predicted octanol–water partition coefficient (Wildman–Crippen LogP) is 9.16. The number of carbonyl (C=O) groups is 1. The third-order valence-electron chi connectivity index (χ3n) is 9.01. The van der Waals surface area contributed by atoms with Gasteiger partial charge in [0, 0.05) is 66.2 Å². The van der Waals surface area contributed by atoms with Gasteiger partial charge in [-0.2, -0.15) is 5.10 Å². The SMILES string of the molecule is CNCCNc1c(/C(=C/c2cc(C)cc3c(C(=O)O)cn(C)c23)CCCOc2cc(C)c(Cl)c(C)c2)ccc(Cl)c1-c1c(C)nn(C)c1C. The molecule has 0 aliphatic heterocycles. The first kappa shape index (κ1) is 36.1. The van der Waals surface area contributed by atoms with Crippen LogP contribution >= 0.6 is 23.2 Å². The summed E-state index contributed by atoms with van der Waals surface area (Å²) in [6.45, 7) is 12.0. The monoisotopic (exact) mass is 701 g/mol. The second-order valence-electron chi connectivity index (χ2n) is 12.7. The molecule has 3 aromatic carbocycles.